The monoisotopic (exact) mass is 295 g/mol. The van der Waals surface area contributed by atoms with Gasteiger partial charge in [-0.3, -0.25) is 14.5 Å². The van der Waals surface area contributed by atoms with Crippen LogP contribution < -0.4 is 5.32 Å². The van der Waals surface area contributed by atoms with E-state index in [0.29, 0.717) is 24.5 Å². The smallest absolute Gasteiger partial charge is 0.304 e. The van der Waals surface area contributed by atoms with E-state index in [-0.39, 0.29) is 18.4 Å². The third-order valence-corrected chi connectivity index (χ3v) is 3.68. The lowest BCUT2D eigenvalue weighted by Gasteiger charge is -2.34. The molecule has 0 spiro atoms. The van der Waals surface area contributed by atoms with Gasteiger partial charge < -0.3 is 14.9 Å². The summed E-state index contributed by atoms with van der Waals surface area (Å²) >= 11 is 0. The van der Waals surface area contributed by atoms with Crippen molar-refractivity contribution in [2.24, 2.45) is 0 Å². The van der Waals surface area contributed by atoms with Crippen LogP contribution in [0.4, 0.5) is 5.82 Å². The number of carboxylic acids is 1. The van der Waals surface area contributed by atoms with Crippen LogP contribution in [0, 0.1) is 6.92 Å². The number of nitrogens with zero attached hydrogens (tertiary/aromatic N) is 2. The predicted octanol–water partition coefficient (Wildman–Crippen LogP) is 1.64. The van der Waals surface area contributed by atoms with E-state index in [1.54, 1.807) is 13.0 Å². The number of carbonyl (C=O) groups is 2. The summed E-state index contributed by atoms with van der Waals surface area (Å²) < 4.78 is 4.88. The lowest BCUT2D eigenvalue weighted by atomic mass is 9.99. The summed E-state index contributed by atoms with van der Waals surface area (Å²) in [6, 6.07) is 1.70. The molecule has 21 heavy (non-hydrogen) atoms. The number of carbonyl (C=O) groups excluding carboxylic acids is 1. The first-order valence-electron chi connectivity index (χ1n) is 7.23. The van der Waals surface area contributed by atoms with Gasteiger partial charge in [-0.05, 0) is 26.3 Å². The highest BCUT2D eigenvalue weighted by Gasteiger charge is 2.24. The summed E-state index contributed by atoms with van der Waals surface area (Å²) in [4.78, 5) is 24.8. The van der Waals surface area contributed by atoms with Crippen LogP contribution in [0.5, 0.6) is 0 Å². The first kappa shape index (κ1) is 15.5. The molecule has 1 aliphatic heterocycles. The van der Waals surface area contributed by atoms with Crippen molar-refractivity contribution in [2.75, 3.05) is 18.4 Å². The van der Waals surface area contributed by atoms with Gasteiger partial charge in [0.05, 0.1) is 6.42 Å². The molecule has 1 aliphatic rings. The molecular weight excluding hydrogens is 274 g/mol. The van der Waals surface area contributed by atoms with Crippen molar-refractivity contribution in [3.8, 4) is 0 Å². The van der Waals surface area contributed by atoms with Gasteiger partial charge in [-0.2, -0.15) is 0 Å². The predicted molar refractivity (Wildman–Crippen MR) is 76.0 cm³/mol. The molecule has 1 fully saturated rings. The molecule has 7 nitrogen and oxygen atoms in total. The quantitative estimate of drug-likeness (QED) is 0.828. The number of likely N-dealkylation sites (tertiary alicyclic amines) is 1. The van der Waals surface area contributed by atoms with Gasteiger partial charge in [-0.25, -0.2) is 0 Å². The zero-order valence-electron chi connectivity index (χ0n) is 12.2. The highest BCUT2D eigenvalue weighted by molar-refractivity contribution is 5.89. The van der Waals surface area contributed by atoms with Crippen LogP contribution in [0.25, 0.3) is 0 Å². The third kappa shape index (κ3) is 4.86. The minimum Gasteiger partial charge on any atom is -0.481 e. The molecule has 2 N–H and O–H groups in total. The van der Waals surface area contributed by atoms with E-state index < -0.39 is 5.97 Å². The first-order valence-corrected chi connectivity index (χ1v) is 7.23. The second kappa shape index (κ2) is 7.21. The van der Waals surface area contributed by atoms with E-state index in [9.17, 15) is 9.59 Å². The van der Waals surface area contributed by atoms with Crippen LogP contribution >= 0.6 is 0 Å². The average Bonchev–Trinajstić information content (AvgIpc) is 2.82. The number of amides is 1. The van der Waals surface area contributed by atoms with E-state index in [2.05, 4.69) is 15.4 Å². The van der Waals surface area contributed by atoms with E-state index >= 15 is 0 Å². The standard InChI is InChI=1S/C14H21N3O4/c1-10-8-12(16-21-10)15-13(18)5-7-17-6-3-2-4-11(17)9-14(19)20/h8,11H,2-7,9H2,1H3,(H,19,20)(H,15,16,18). The first-order chi connectivity index (χ1) is 10.0. The summed E-state index contributed by atoms with van der Waals surface area (Å²) in [5, 5.41) is 15.3. The Labute approximate surface area is 123 Å². The van der Waals surface area contributed by atoms with Crippen LogP contribution in [-0.4, -0.2) is 46.2 Å². The summed E-state index contributed by atoms with van der Waals surface area (Å²) in [5.74, 6) is 0.137. The summed E-state index contributed by atoms with van der Waals surface area (Å²) in [6.07, 6.45) is 3.46. The second-order valence-corrected chi connectivity index (χ2v) is 5.40. The van der Waals surface area contributed by atoms with Crippen molar-refractivity contribution in [3.63, 3.8) is 0 Å². The van der Waals surface area contributed by atoms with Gasteiger partial charge in [0, 0.05) is 25.1 Å². The normalized spacial score (nSPS) is 19.4. The van der Waals surface area contributed by atoms with E-state index in [1.807, 2.05) is 0 Å². The molecule has 1 aromatic rings. The Bertz CT molecular complexity index is 500. The van der Waals surface area contributed by atoms with E-state index in [0.717, 1.165) is 25.8 Å². The minimum absolute atomic E-state index is 0.0401. The number of hydrogen-bond donors (Lipinski definition) is 2. The molecule has 7 heteroatoms. The average molecular weight is 295 g/mol. The van der Waals surface area contributed by atoms with Crippen molar-refractivity contribution in [1.29, 1.82) is 0 Å². The van der Waals surface area contributed by atoms with Crippen molar-refractivity contribution in [1.82, 2.24) is 10.1 Å². The van der Waals surface area contributed by atoms with Gasteiger partial charge >= 0.3 is 5.97 Å². The summed E-state index contributed by atoms with van der Waals surface area (Å²) in [5.41, 5.74) is 0. The zero-order valence-corrected chi connectivity index (χ0v) is 12.2. The van der Waals surface area contributed by atoms with Gasteiger partial charge in [0.2, 0.25) is 5.91 Å². The summed E-state index contributed by atoms with van der Waals surface area (Å²) in [7, 11) is 0. The van der Waals surface area contributed by atoms with Crippen LogP contribution in [0.2, 0.25) is 0 Å². The molecule has 0 saturated carbocycles. The molecule has 0 aliphatic carbocycles. The Morgan fingerprint density at radius 3 is 3.00 bits per heavy atom. The number of anilines is 1. The fourth-order valence-electron chi connectivity index (χ4n) is 2.66. The highest BCUT2D eigenvalue weighted by atomic mass is 16.5. The molecule has 2 rings (SSSR count). The molecule has 2 heterocycles. The van der Waals surface area contributed by atoms with Crippen molar-refractivity contribution >= 4 is 17.7 Å². The van der Waals surface area contributed by atoms with Gasteiger partial charge in [0.25, 0.3) is 0 Å². The van der Waals surface area contributed by atoms with Crippen LogP contribution in [0.1, 0.15) is 37.9 Å². The van der Waals surface area contributed by atoms with Crippen molar-refractivity contribution in [2.45, 2.75) is 45.1 Å². The third-order valence-electron chi connectivity index (χ3n) is 3.68. The summed E-state index contributed by atoms with van der Waals surface area (Å²) in [6.45, 7) is 3.18. The Morgan fingerprint density at radius 2 is 2.33 bits per heavy atom. The largest absolute Gasteiger partial charge is 0.481 e. The zero-order chi connectivity index (χ0) is 15.2. The molecule has 0 radical (unpaired) electrons. The molecule has 1 amide bonds. The number of aromatic nitrogens is 1. The molecule has 1 unspecified atom stereocenters. The topological polar surface area (TPSA) is 95.7 Å². The molecule has 1 saturated heterocycles. The fourth-order valence-corrected chi connectivity index (χ4v) is 2.66. The van der Waals surface area contributed by atoms with Gasteiger partial charge in [0.15, 0.2) is 5.82 Å². The maximum Gasteiger partial charge on any atom is 0.304 e. The molecule has 1 aromatic heterocycles. The number of carboxylic acid groups (broad SMARTS) is 1. The Kier molecular flexibility index (Phi) is 5.32. The lowest BCUT2D eigenvalue weighted by Crippen LogP contribution is -2.42. The van der Waals surface area contributed by atoms with Crippen molar-refractivity contribution < 1.29 is 19.2 Å². The number of hydrogen-bond acceptors (Lipinski definition) is 5. The Hall–Kier alpha value is -1.89. The number of aliphatic carboxylic acids is 1. The fraction of sp³-hybridized carbons (Fsp3) is 0.643. The van der Waals surface area contributed by atoms with Crippen LogP contribution in [-0.2, 0) is 9.59 Å². The number of aryl methyl sites for hydroxylation is 1. The number of rotatable bonds is 6. The van der Waals surface area contributed by atoms with E-state index in [1.165, 1.54) is 0 Å². The second-order valence-electron chi connectivity index (χ2n) is 5.40. The molecule has 1 atom stereocenters. The van der Waals surface area contributed by atoms with Crippen molar-refractivity contribution in [3.05, 3.63) is 11.8 Å². The Balaban J connectivity index is 1.79. The maximum absolute atomic E-state index is 11.9. The minimum atomic E-state index is -0.783. The molecular formula is C14H21N3O4. The lowest BCUT2D eigenvalue weighted by molar-refractivity contribution is -0.138. The number of piperidine rings is 1. The molecule has 116 valence electrons. The van der Waals surface area contributed by atoms with E-state index in [4.69, 9.17) is 9.63 Å². The van der Waals surface area contributed by atoms with Gasteiger partial charge in [-0.15, -0.1) is 0 Å². The van der Waals surface area contributed by atoms with Crippen LogP contribution in [0.15, 0.2) is 10.6 Å². The molecule has 0 bridgehead atoms. The van der Waals surface area contributed by atoms with Gasteiger partial charge in [0.1, 0.15) is 5.76 Å². The Morgan fingerprint density at radius 1 is 1.52 bits per heavy atom. The highest BCUT2D eigenvalue weighted by Crippen LogP contribution is 2.20. The number of nitrogens with one attached hydrogen (secondary N) is 1. The SMILES string of the molecule is Cc1cc(NC(=O)CCN2CCCCC2CC(=O)O)no1. The van der Waals surface area contributed by atoms with Crippen LogP contribution in [0.3, 0.4) is 0 Å². The maximum atomic E-state index is 11.9. The molecule has 0 aromatic carbocycles. The van der Waals surface area contributed by atoms with Gasteiger partial charge in [-0.1, -0.05) is 11.6 Å².